The topological polar surface area (TPSA) is 3.24 Å². The standard InChI is InChI=1S/C53H35N/c1-3-12-35(13-4-1)37-22-26-42(27-23-37)54(43-28-30-49-47-20-8-7-18-45(47)46-19-9-10-21-48(46)50(49)34-43)51-31-25-38-16-11-17-40-33-41-32-39(36-14-5-2-6-15-36)24-29-44(41)53(51)52(38)40/h1-32,34H,33H2. The Balaban J connectivity index is 1.18. The summed E-state index contributed by atoms with van der Waals surface area (Å²) in [5.41, 5.74) is 13.7. The van der Waals surface area contributed by atoms with E-state index in [0.29, 0.717) is 0 Å². The van der Waals surface area contributed by atoms with Gasteiger partial charge in [0.15, 0.2) is 0 Å². The van der Waals surface area contributed by atoms with Gasteiger partial charge in [0.25, 0.3) is 0 Å². The first kappa shape index (κ1) is 30.6. The van der Waals surface area contributed by atoms with Crippen LogP contribution in [0.15, 0.2) is 200 Å². The Labute approximate surface area is 315 Å². The van der Waals surface area contributed by atoms with Crippen LogP contribution in [0.25, 0.3) is 76.5 Å². The van der Waals surface area contributed by atoms with Gasteiger partial charge in [0, 0.05) is 16.9 Å². The molecule has 54 heavy (non-hydrogen) atoms. The molecule has 0 spiro atoms. The minimum absolute atomic E-state index is 0.907. The zero-order valence-electron chi connectivity index (χ0n) is 29.7. The van der Waals surface area contributed by atoms with Crippen LogP contribution in [-0.2, 0) is 6.42 Å². The monoisotopic (exact) mass is 685 g/mol. The van der Waals surface area contributed by atoms with Gasteiger partial charge in [0.2, 0.25) is 0 Å². The van der Waals surface area contributed by atoms with Crippen molar-refractivity contribution in [2.45, 2.75) is 6.42 Å². The average molecular weight is 686 g/mol. The molecule has 1 aliphatic carbocycles. The van der Waals surface area contributed by atoms with Gasteiger partial charge in [-0.15, -0.1) is 0 Å². The lowest BCUT2D eigenvalue weighted by atomic mass is 9.81. The van der Waals surface area contributed by atoms with Crippen LogP contribution in [0.5, 0.6) is 0 Å². The largest absolute Gasteiger partial charge is 0.310 e. The highest BCUT2D eigenvalue weighted by Crippen LogP contribution is 2.50. The van der Waals surface area contributed by atoms with E-state index in [1.807, 2.05) is 0 Å². The molecule has 0 bridgehead atoms. The summed E-state index contributed by atoms with van der Waals surface area (Å²) in [5, 5.41) is 10.3. The molecule has 0 atom stereocenters. The molecule has 0 amide bonds. The lowest BCUT2D eigenvalue weighted by Crippen LogP contribution is -2.13. The molecule has 0 fully saturated rings. The van der Waals surface area contributed by atoms with Crippen LogP contribution in [0.4, 0.5) is 17.1 Å². The summed E-state index contributed by atoms with van der Waals surface area (Å²) in [6.45, 7) is 0. The van der Waals surface area contributed by atoms with Crippen LogP contribution in [0, 0.1) is 0 Å². The van der Waals surface area contributed by atoms with Gasteiger partial charge in [-0.2, -0.15) is 0 Å². The predicted molar refractivity (Wildman–Crippen MR) is 230 cm³/mol. The minimum atomic E-state index is 0.907. The van der Waals surface area contributed by atoms with Crippen molar-refractivity contribution in [1.82, 2.24) is 0 Å². The van der Waals surface area contributed by atoms with Gasteiger partial charge in [-0.25, -0.2) is 0 Å². The van der Waals surface area contributed by atoms with Gasteiger partial charge in [0.05, 0.1) is 5.69 Å². The molecule has 10 aromatic carbocycles. The second-order valence-electron chi connectivity index (χ2n) is 14.5. The Kier molecular flexibility index (Phi) is 7.00. The Bertz CT molecular complexity index is 3020. The number of benzene rings is 10. The highest BCUT2D eigenvalue weighted by molar-refractivity contribution is 6.26. The van der Waals surface area contributed by atoms with Crippen LogP contribution >= 0.6 is 0 Å². The fourth-order valence-corrected chi connectivity index (χ4v) is 8.94. The van der Waals surface area contributed by atoms with Crippen LogP contribution in [0.2, 0.25) is 0 Å². The van der Waals surface area contributed by atoms with Gasteiger partial charge >= 0.3 is 0 Å². The van der Waals surface area contributed by atoms with E-state index in [2.05, 4.69) is 205 Å². The first-order valence-corrected chi connectivity index (χ1v) is 18.8. The molecule has 0 unspecified atom stereocenters. The third kappa shape index (κ3) is 4.86. The van der Waals surface area contributed by atoms with Gasteiger partial charge in [0.1, 0.15) is 0 Å². The highest BCUT2D eigenvalue weighted by Gasteiger charge is 2.26. The molecule has 0 radical (unpaired) electrons. The van der Waals surface area contributed by atoms with Crippen LogP contribution in [0.3, 0.4) is 0 Å². The van der Waals surface area contributed by atoms with E-state index < -0.39 is 0 Å². The molecule has 0 N–H and O–H groups in total. The zero-order valence-corrected chi connectivity index (χ0v) is 29.7. The average Bonchev–Trinajstić information content (AvgIpc) is 3.25. The van der Waals surface area contributed by atoms with Crippen LogP contribution in [-0.4, -0.2) is 0 Å². The van der Waals surface area contributed by atoms with E-state index in [1.54, 1.807) is 0 Å². The molecule has 0 aliphatic heterocycles. The summed E-state index contributed by atoms with van der Waals surface area (Å²) in [7, 11) is 0. The Morgan fingerprint density at radius 3 is 1.57 bits per heavy atom. The molecular weight excluding hydrogens is 651 g/mol. The van der Waals surface area contributed by atoms with Crippen molar-refractivity contribution < 1.29 is 0 Å². The Morgan fingerprint density at radius 2 is 0.889 bits per heavy atom. The fourth-order valence-electron chi connectivity index (χ4n) is 8.94. The summed E-state index contributed by atoms with van der Waals surface area (Å²) in [5.74, 6) is 0. The van der Waals surface area contributed by atoms with Crippen molar-refractivity contribution >= 4 is 60.2 Å². The molecule has 252 valence electrons. The van der Waals surface area contributed by atoms with Crippen molar-refractivity contribution in [3.05, 3.63) is 211 Å². The second-order valence-corrected chi connectivity index (χ2v) is 14.5. The van der Waals surface area contributed by atoms with Gasteiger partial charge in [-0.05, 0) is 119 Å². The minimum Gasteiger partial charge on any atom is -0.310 e. The summed E-state index contributed by atoms with van der Waals surface area (Å²) in [6, 6.07) is 73.8. The number of nitrogens with zero attached hydrogens (tertiary/aromatic N) is 1. The van der Waals surface area contributed by atoms with Crippen LogP contribution in [0.1, 0.15) is 11.1 Å². The molecule has 0 saturated carbocycles. The van der Waals surface area contributed by atoms with Crippen LogP contribution < -0.4 is 4.90 Å². The molecule has 0 heterocycles. The smallest absolute Gasteiger partial charge is 0.0546 e. The summed E-state index contributed by atoms with van der Waals surface area (Å²) in [6.07, 6.45) is 0.907. The van der Waals surface area contributed by atoms with E-state index in [9.17, 15) is 0 Å². The van der Waals surface area contributed by atoms with E-state index in [0.717, 1.165) is 17.8 Å². The van der Waals surface area contributed by atoms with Crippen molar-refractivity contribution in [1.29, 1.82) is 0 Å². The first-order chi connectivity index (χ1) is 26.8. The maximum absolute atomic E-state index is 2.49. The SMILES string of the molecule is c1ccc(-c2ccc(N(c3ccc4c5ccccc5c5ccccc5c4c3)c3ccc4cccc5c4c3-c3ccc(-c4ccccc4)cc3C5)cc2)cc1. The van der Waals surface area contributed by atoms with Crippen molar-refractivity contribution in [3.8, 4) is 33.4 Å². The second kappa shape index (κ2) is 12.3. The number of hydrogen-bond donors (Lipinski definition) is 0. The van der Waals surface area contributed by atoms with Crippen molar-refractivity contribution in [2.24, 2.45) is 0 Å². The van der Waals surface area contributed by atoms with Gasteiger partial charge in [-0.3, -0.25) is 0 Å². The number of fused-ring (bicyclic) bond motifs is 8. The Morgan fingerprint density at radius 1 is 0.333 bits per heavy atom. The maximum atomic E-state index is 2.49. The molecule has 11 rings (SSSR count). The summed E-state index contributed by atoms with van der Waals surface area (Å²) in [4.78, 5) is 2.49. The normalized spacial score (nSPS) is 12.0. The molecular formula is C53H35N. The van der Waals surface area contributed by atoms with Gasteiger partial charge < -0.3 is 4.90 Å². The van der Waals surface area contributed by atoms with Gasteiger partial charge in [-0.1, -0.05) is 170 Å². The molecule has 1 nitrogen and oxygen atoms in total. The lowest BCUT2D eigenvalue weighted by Gasteiger charge is -2.32. The third-order valence-corrected chi connectivity index (χ3v) is 11.4. The van der Waals surface area contributed by atoms with E-state index in [-0.39, 0.29) is 0 Å². The zero-order chi connectivity index (χ0) is 35.6. The molecule has 1 heteroatoms. The highest BCUT2D eigenvalue weighted by atomic mass is 15.1. The summed E-state index contributed by atoms with van der Waals surface area (Å²) >= 11 is 0. The predicted octanol–water partition coefficient (Wildman–Crippen LogP) is 14.7. The van der Waals surface area contributed by atoms with E-state index in [1.165, 1.54) is 93.3 Å². The van der Waals surface area contributed by atoms with E-state index in [4.69, 9.17) is 0 Å². The molecule has 10 aromatic rings. The third-order valence-electron chi connectivity index (χ3n) is 11.4. The Hall–Kier alpha value is -6.96. The van der Waals surface area contributed by atoms with E-state index >= 15 is 0 Å². The number of anilines is 3. The number of rotatable bonds is 5. The first-order valence-electron chi connectivity index (χ1n) is 18.8. The quantitative estimate of drug-likeness (QED) is 0.163. The van der Waals surface area contributed by atoms with Crippen molar-refractivity contribution in [3.63, 3.8) is 0 Å². The molecule has 0 saturated heterocycles. The molecule has 0 aromatic heterocycles. The summed E-state index contributed by atoms with van der Waals surface area (Å²) < 4.78 is 0. The fraction of sp³-hybridized carbons (Fsp3) is 0.0189. The molecule has 1 aliphatic rings. The number of hydrogen-bond acceptors (Lipinski definition) is 1. The maximum Gasteiger partial charge on any atom is 0.0546 e. The lowest BCUT2D eigenvalue weighted by molar-refractivity contribution is 1.19. The van der Waals surface area contributed by atoms with Crippen molar-refractivity contribution in [2.75, 3.05) is 4.90 Å².